The van der Waals surface area contributed by atoms with E-state index >= 15 is 0 Å². The third-order valence-electron chi connectivity index (χ3n) is 9.44. The molecule has 0 saturated carbocycles. The third kappa shape index (κ3) is 19.6. The van der Waals surface area contributed by atoms with E-state index in [1.54, 1.807) is 0 Å². The molecular formula is C36H72N4O3. The van der Waals surface area contributed by atoms with Crippen molar-refractivity contribution in [2.45, 2.75) is 169 Å². The monoisotopic (exact) mass is 609 g/mol. The molecule has 0 aliphatic carbocycles. The Bertz CT molecular complexity index is 651. The minimum Gasteiger partial charge on any atom is -0.465 e. The first kappa shape index (κ1) is 39.7. The number of rotatable bonds is 28. The van der Waals surface area contributed by atoms with Gasteiger partial charge in [-0.05, 0) is 39.3 Å². The molecule has 1 aliphatic heterocycles. The Hall–Kier alpha value is -1.34. The van der Waals surface area contributed by atoms with E-state index < -0.39 is 6.09 Å². The SMILES string of the molecule is CCCCCCCCCN(CCCCCCCCC)C(C)N(CCCCCCCCC)CC(=O)N1CCN(C(=O)O)CC1. The normalized spacial score (nSPS) is 14.7. The molecule has 7 heteroatoms. The lowest BCUT2D eigenvalue weighted by Gasteiger charge is -2.39. The summed E-state index contributed by atoms with van der Waals surface area (Å²) in [6.07, 6.45) is 26.8. The van der Waals surface area contributed by atoms with Gasteiger partial charge in [0.2, 0.25) is 5.91 Å². The number of carboxylic acid groups (broad SMARTS) is 1. The van der Waals surface area contributed by atoms with E-state index in [1.165, 1.54) is 133 Å². The molecule has 1 atom stereocenters. The first-order chi connectivity index (χ1) is 20.9. The van der Waals surface area contributed by atoms with E-state index in [0.717, 1.165) is 26.1 Å². The molecule has 1 rings (SSSR count). The molecule has 0 spiro atoms. The molecule has 2 amide bonds. The summed E-state index contributed by atoms with van der Waals surface area (Å²) in [5, 5.41) is 9.32. The minimum absolute atomic E-state index is 0.159. The van der Waals surface area contributed by atoms with Gasteiger partial charge in [0.1, 0.15) is 0 Å². The van der Waals surface area contributed by atoms with Crippen molar-refractivity contribution in [3.05, 3.63) is 0 Å². The molecule has 1 heterocycles. The predicted molar refractivity (Wildman–Crippen MR) is 183 cm³/mol. The minimum atomic E-state index is -0.882. The summed E-state index contributed by atoms with van der Waals surface area (Å²) < 4.78 is 0. The largest absolute Gasteiger partial charge is 0.465 e. The van der Waals surface area contributed by atoms with Crippen LogP contribution in [0.25, 0.3) is 0 Å². The molecule has 1 saturated heterocycles. The van der Waals surface area contributed by atoms with Crippen molar-refractivity contribution < 1.29 is 14.7 Å². The van der Waals surface area contributed by atoms with Crippen molar-refractivity contribution in [1.82, 2.24) is 19.6 Å². The number of unbranched alkanes of at least 4 members (excludes halogenated alkanes) is 18. The van der Waals surface area contributed by atoms with Crippen molar-refractivity contribution in [2.75, 3.05) is 52.4 Å². The second kappa shape index (κ2) is 27.0. The van der Waals surface area contributed by atoms with Crippen LogP contribution in [0.4, 0.5) is 4.79 Å². The summed E-state index contributed by atoms with van der Waals surface area (Å²) in [4.78, 5) is 33.3. The fraction of sp³-hybridized carbons (Fsp3) is 0.944. The third-order valence-corrected chi connectivity index (χ3v) is 9.44. The van der Waals surface area contributed by atoms with Gasteiger partial charge in [-0.25, -0.2) is 4.79 Å². The molecule has 1 aliphatic rings. The van der Waals surface area contributed by atoms with Crippen molar-refractivity contribution in [3.8, 4) is 0 Å². The zero-order chi connectivity index (χ0) is 31.5. The van der Waals surface area contributed by atoms with Crippen molar-refractivity contribution in [3.63, 3.8) is 0 Å². The number of carbonyl (C=O) groups excluding carboxylic acids is 1. The second-order valence-electron chi connectivity index (χ2n) is 13.2. The van der Waals surface area contributed by atoms with E-state index in [1.807, 2.05) is 4.90 Å². The van der Waals surface area contributed by atoms with Crippen LogP contribution >= 0.6 is 0 Å². The number of amides is 2. The smallest absolute Gasteiger partial charge is 0.407 e. The number of nitrogens with zero attached hydrogens (tertiary/aromatic N) is 4. The van der Waals surface area contributed by atoms with Crippen LogP contribution in [-0.4, -0.2) is 95.2 Å². The zero-order valence-electron chi connectivity index (χ0n) is 29.1. The maximum Gasteiger partial charge on any atom is 0.407 e. The van der Waals surface area contributed by atoms with Gasteiger partial charge in [0, 0.05) is 32.7 Å². The van der Waals surface area contributed by atoms with Crippen molar-refractivity contribution >= 4 is 12.0 Å². The molecule has 7 nitrogen and oxygen atoms in total. The molecule has 1 N–H and O–H groups in total. The number of hydrogen-bond acceptors (Lipinski definition) is 4. The summed E-state index contributed by atoms with van der Waals surface area (Å²) in [6, 6.07) is 0. The number of hydrogen-bond donors (Lipinski definition) is 1. The van der Waals surface area contributed by atoms with Crippen LogP contribution in [0.15, 0.2) is 0 Å². The van der Waals surface area contributed by atoms with Crippen LogP contribution in [0.3, 0.4) is 0 Å². The van der Waals surface area contributed by atoms with E-state index in [4.69, 9.17) is 0 Å². The summed E-state index contributed by atoms with van der Waals surface area (Å²) in [7, 11) is 0. The van der Waals surface area contributed by atoms with E-state index in [0.29, 0.717) is 32.7 Å². The maximum atomic E-state index is 13.5. The van der Waals surface area contributed by atoms with Gasteiger partial charge in [0.05, 0.1) is 12.7 Å². The van der Waals surface area contributed by atoms with E-state index in [-0.39, 0.29) is 12.1 Å². The van der Waals surface area contributed by atoms with E-state index in [2.05, 4.69) is 37.5 Å². The quantitative estimate of drug-likeness (QED) is 0.0709. The number of carbonyl (C=O) groups is 2. The first-order valence-electron chi connectivity index (χ1n) is 18.7. The van der Waals surface area contributed by atoms with Gasteiger partial charge in [-0.15, -0.1) is 0 Å². The topological polar surface area (TPSA) is 67.3 Å². The van der Waals surface area contributed by atoms with Crippen LogP contribution in [0.2, 0.25) is 0 Å². The van der Waals surface area contributed by atoms with Gasteiger partial charge in [0.15, 0.2) is 0 Å². The van der Waals surface area contributed by atoms with Gasteiger partial charge >= 0.3 is 6.09 Å². The lowest BCUT2D eigenvalue weighted by molar-refractivity contribution is -0.135. The van der Waals surface area contributed by atoms with Crippen LogP contribution in [0, 0.1) is 0 Å². The molecule has 0 aromatic heterocycles. The second-order valence-corrected chi connectivity index (χ2v) is 13.2. The predicted octanol–water partition coefficient (Wildman–Crippen LogP) is 9.01. The lowest BCUT2D eigenvalue weighted by atomic mass is 10.1. The Morgan fingerprint density at radius 2 is 0.860 bits per heavy atom. The lowest BCUT2D eigenvalue weighted by Crippen LogP contribution is -2.55. The van der Waals surface area contributed by atoms with Crippen LogP contribution in [0.1, 0.15) is 163 Å². The van der Waals surface area contributed by atoms with Crippen LogP contribution < -0.4 is 0 Å². The fourth-order valence-corrected chi connectivity index (χ4v) is 6.35. The summed E-state index contributed by atoms with van der Waals surface area (Å²) >= 11 is 0. The van der Waals surface area contributed by atoms with Gasteiger partial charge in [0.25, 0.3) is 0 Å². The molecule has 254 valence electrons. The Morgan fingerprint density at radius 1 is 0.535 bits per heavy atom. The Morgan fingerprint density at radius 3 is 1.23 bits per heavy atom. The zero-order valence-corrected chi connectivity index (χ0v) is 29.1. The summed E-state index contributed by atoms with van der Waals surface area (Å²) in [6.45, 7) is 14.6. The molecule has 43 heavy (non-hydrogen) atoms. The molecule has 0 radical (unpaired) electrons. The highest BCUT2D eigenvalue weighted by molar-refractivity contribution is 5.78. The fourth-order valence-electron chi connectivity index (χ4n) is 6.35. The maximum absolute atomic E-state index is 13.5. The molecule has 1 fully saturated rings. The van der Waals surface area contributed by atoms with Gasteiger partial charge < -0.3 is 14.9 Å². The van der Waals surface area contributed by atoms with Gasteiger partial charge in [-0.2, -0.15) is 0 Å². The van der Waals surface area contributed by atoms with E-state index in [9.17, 15) is 14.7 Å². The standard InChI is InChI=1S/C36H72N4O3/c1-5-8-11-14-17-20-23-26-37(27-24-21-18-15-12-9-6-2)34(4)40(28-25-22-19-16-13-10-7-3)33-35(41)38-29-31-39(32-30-38)36(42)43/h34H,5-33H2,1-4H3,(H,42,43). The highest BCUT2D eigenvalue weighted by atomic mass is 16.4. The molecule has 0 bridgehead atoms. The Kier molecular flexibility index (Phi) is 24.9. The summed E-state index contributed by atoms with van der Waals surface area (Å²) in [5.41, 5.74) is 0. The highest BCUT2D eigenvalue weighted by Crippen LogP contribution is 2.16. The molecule has 0 aromatic rings. The van der Waals surface area contributed by atoms with Crippen LogP contribution in [0.5, 0.6) is 0 Å². The molecule has 0 aromatic carbocycles. The molecular weight excluding hydrogens is 536 g/mol. The average molecular weight is 609 g/mol. The first-order valence-corrected chi connectivity index (χ1v) is 18.7. The average Bonchev–Trinajstić information content (AvgIpc) is 3.01. The van der Waals surface area contributed by atoms with Crippen LogP contribution in [-0.2, 0) is 4.79 Å². The van der Waals surface area contributed by atoms with Crippen molar-refractivity contribution in [1.29, 1.82) is 0 Å². The highest BCUT2D eigenvalue weighted by Gasteiger charge is 2.28. The Labute approximate surface area is 267 Å². The molecule has 1 unspecified atom stereocenters. The number of piperazine rings is 1. The van der Waals surface area contributed by atoms with Gasteiger partial charge in [-0.1, -0.05) is 136 Å². The Balaban J connectivity index is 2.78. The van der Waals surface area contributed by atoms with Gasteiger partial charge in [-0.3, -0.25) is 14.6 Å². The summed E-state index contributed by atoms with van der Waals surface area (Å²) in [5.74, 6) is 0.159. The van der Waals surface area contributed by atoms with Crippen molar-refractivity contribution in [2.24, 2.45) is 0 Å².